The zero-order valence-electron chi connectivity index (χ0n) is 15.0. The zero-order valence-corrected chi connectivity index (χ0v) is 16.5. The number of halogens is 1. The van der Waals surface area contributed by atoms with E-state index in [2.05, 4.69) is 4.72 Å². The summed E-state index contributed by atoms with van der Waals surface area (Å²) in [5, 5.41) is 1.52. The van der Waals surface area contributed by atoms with Gasteiger partial charge in [0, 0.05) is 33.9 Å². The van der Waals surface area contributed by atoms with E-state index in [9.17, 15) is 18.6 Å². The molecular formula is C18H22ClNO5S. The second-order valence-electron chi connectivity index (χ2n) is 5.94. The number of Topliss-reactive ketones (excluding diaryl/α,β-unsaturated/α-hetero) is 3. The van der Waals surface area contributed by atoms with Crippen LogP contribution in [0.4, 0.5) is 5.69 Å². The lowest BCUT2D eigenvalue weighted by Crippen LogP contribution is -2.35. The van der Waals surface area contributed by atoms with Gasteiger partial charge < -0.3 is 9.46 Å². The molecule has 0 bridgehead atoms. The molecule has 0 spiro atoms. The van der Waals surface area contributed by atoms with Gasteiger partial charge in [0.25, 0.3) is 0 Å². The van der Waals surface area contributed by atoms with E-state index in [1.54, 1.807) is 13.8 Å². The highest BCUT2D eigenvalue weighted by Gasteiger charge is 2.37. The van der Waals surface area contributed by atoms with Crippen LogP contribution in [0.2, 0.25) is 5.02 Å². The molecule has 0 aliphatic heterocycles. The normalized spacial score (nSPS) is 17.5. The molecule has 1 aliphatic rings. The van der Waals surface area contributed by atoms with Gasteiger partial charge in [0.2, 0.25) is 0 Å². The van der Waals surface area contributed by atoms with Crippen LogP contribution in [0.25, 0.3) is 0 Å². The molecule has 6 nitrogen and oxygen atoms in total. The molecule has 0 saturated heterocycles. The Kier molecular flexibility index (Phi) is 6.47. The first-order valence-electron chi connectivity index (χ1n) is 8.33. The van der Waals surface area contributed by atoms with Gasteiger partial charge in [0.1, 0.15) is 17.4 Å². The van der Waals surface area contributed by atoms with Crippen LogP contribution in [0, 0.1) is 5.92 Å². The number of rotatable bonds is 6. The van der Waals surface area contributed by atoms with E-state index in [0.717, 1.165) is 0 Å². The summed E-state index contributed by atoms with van der Waals surface area (Å²) in [7, 11) is -1.12. The van der Waals surface area contributed by atoms with E-state index < -0.39 is 21.4 Å². The Morgan fingerprint density at radius 2 is 1.96 bits per heavy atom. The van der Waals surface area contributed by atoms with Crippen LogP contribution in [0.3, 0.4) is 0 Å². The van der Waals surface area contributed by atoms with Crippen molar-refractivity contribution < 1.29 is 23.3 Å². The van der Waals surface area contributed by atoms with Crippen LogP contribution in [-0.4, -0.2) is 39.8 Å². The van der Waals surface area contributed by atoms with Crippen molar-refractivity contribution in [3.8, 4) is 5.75 Å². The first-order chi connectivity index (χ1) is 12.3. The predicted molar refractivity (Wildman–Crippen MR) is 104 cm³/mol. The zero-order chi connectivity index (χ0) is 19.5. The molecule has 1 atom stereocenters. The molecule has 1 aromatic rings. The lowest BCUT2D eigenvalue weighted by molar-refractivity contribution is -0.133. The molecule has 1 aromatic carbocycles. The van der Waals surface area contributed by atoms with E-state index in [4.69, 9.17) is 16.3 Å². The molecule has 0 amide bonds. The fraction of sp³-hybridized carbons (Fsp3) is 0.444. The topological polar surface area (TPSA) is 89.5 Å². The molecule has 1 unspecified atom stereocenters. The average Bonchev–Trinajstić information content (AvgIpc) is 2.62. The number of ether oxygens (including phenoxy) is 1. The SMILES string of the molecule is CC=S(=O)(CC)Nc1c(OC)ccc(C(=O)C2C(=O)CCCC2=O)c1Cl. The monoisotopic (exact) mass is 399 g/mol. The largest absolute Gasteiger partial charge is 0.495 e. The maximum atomic E-state index is 12.8. The molecule has 142 valence electrons. The van der Waals surface area contributed by atoms with Gasteiger partial charge in [-0.05, 0) is 30.8 Å². The predicted octanol–water partition coefficient (Wildman–Crippen LogP) is 2.92. The number of carbonyl (C=O) groups is 3. The highest BCUT2D eigenvalue weighted by molar-refractivity contribution is 8.02. The third-order valence-corrected chi connectivity index (χ3v) is 6.99. The van der Waals surface area contributed by atoms with Gasteiger partial charge in [0.05, 0.1) is 12.1 Å². The number of nitrogens with one attached hydrogen (secondary N) is 1. The van der Waals surface area contributed by atoms with Crippen LogP contribution >= 0.6 is 11.6 Å². The van der Waals surface area contributed by atoms with Crippen molar-refractivity contribution in [2.45, 2.75) is 33.1 Å². The van der Waals surface area contributed by atoms with Gasteiger partial charge in [0.15, 0.2) is 17.3 Å². The van der Waals surface area contributed by atoms with Crippen molar-refractivity contribution in [2.75, 3.05) is 17.6 Å². The van der Waals surface area contributed by atoms with Gasteiger partial charge in [-0.25, -0.2) is 4.21 Å². The lowest BCUT2D eigenvalue weighted by atomic mass is 9.81. The summed E-state index contributed by atoms with van der Waals surface area (Å²) in [5.74, 6) is -2.06. The molecule has 2 rings (SSSR count). The quantitative estimate of drug-likeness (QED) is 0.451. The van der Waals surface area contributed by atoms with Crippen molar-refractivity contribution in [2.24, 2.45) is 5.92 Å². The Balaban J connectivity index is 2.53. The van der Waals surface area contributed by atoms with E-state index in [1.807, 2.05) is 0 Å². The molecule has 26 heavy (non-hydrogen) atoms. The third-order valence-electron chi connectivity index (χ3n) is 4.43. The highest BCUT2D eigenvalue weighted by Crippen LogP contribution is 2.37. The summed E-state index contributed by atoms with van der Waals surface area (Å²) in [4.78, 5) is 37.0. The number of methoxy groups -OCH3 is 1. The first kappa shape index (κ1) is 20.5. The third kappa shape index (κ3) is 3.94. The summed E-state index contributed by atoms with van der Waals surface area (Å²) in [6.45, 7) is 3.41. The van der Waals surface area contributed by atoms with Crippen LogP contribution in [0.1, 0.15) is 43.5 Å². The van der Waals surface area contributed by atoms with E-state index in [1.165, 1.54) is 24.6 Å². The van der Waals surface area contributed by atoms with Gasteiger partial charge in [-0.1, -0.05) is 18.5 Å². The molecule has 1 aliphatic carbocycles. The number of ketones is 3. The Bertz CT molecular complexity index is 855. The Labute approximate surface area is 158 Å². The molecule has 0 radical (unpaired) electrons. The summed E-state index contributed by atoms with van der Waals surface area (Å²) >= 11 is 6.40. The minimum absolute atomic E-state index is 0.0106. The van der Waals surface area contributed by atoms with Gasteiger partial charge in [-0.3, -0.25) is 14.4 Å². The summed E-state index contributed by atoms with van der Waals surface area (Å²) in [6.07, 6.45) is 0.875. The van der Waals surface area contributed by atoms with E-state index in [-0.39, 0.29) is 40.7 Å². The second kappa shape index (κ2) is 8.22. The molecular weight excluding hydrogens is 378 g/mol. The van der Waals surface area contributed by atoms with E-state index >= 15 is 0 Å². The molecule has 0 aromatic heterocycles. The van der Waals surface area contributed by atoms with Gasteiger partial charge in [-0.2, -0.15) is 0 Å². The maximum absolute atomic E-state index is 12.8. The summed E-state index contributed by atoms with van der Waals surface area (Å²) in [6, 6.07) is 2.93. The lowest BCUT2D eigenvalue weighted by Gasteiger charge is -2.21. The standard InChI is InChI=1S/C18H22ClNO5S/c1-4-26(24,5-2)20-17-14(25-3)10-9-11(16(17)19)18(23)15-12(21)7-6-8-13(15)22/h4,9-10,15H,5-8H2,1-3H3,(H,20,24). The van der Waals surface area contributed by atoms with Crippen molar-refractivity contribution in [1.82, 2.24) is 0 Å². The fourth-order valence-corrected chi connectivity index (χ4v) is 4.33. The highest BCUT2D eigenvalue weighted by atomic mass is 35.5. The first-order valence-corrected chi connectivity index (χ1v) is 10.5. The number of carbonyl (C=O) groups excluding carboxylic acids is 3. The number of anilines is 1. The molecule has 1 saturated carbocycles. The number of hydrogen-bond donors (Lipinski definition) is 1. The van der Waals surface area contributed by atoms with Gasteiger partial charge >= 0.3 is 0 Å². The van der Waals surface area contributed by atoms with Crippen molar-refractivity contribution in [1.29, 1.82) is 0 Å². The van der Waals surface area contributed by atoms with Crippen LogP contribution in [-0.2, 0) is 19.3 Å². The summed E-state index contributed by atoms with van der Waals surface area (Å²) in [5.41, 5.74) is 0.248. The van der Waals surface area contributed by atoms with Crippen LogP contribution < -0.4 is 9.46 Å². The minimum atomic E-state index is -2.55. The van der Waals surface area contributed by atoms with Crippen molar-refractivity contribution in [3.05, 3.63) is 22.7 Å². The molecule has 0 heterocycles. The van der Waals surface area contributed by atoms with Crippen molar-refractivity contribution >= 4 is 49.7 Å². The molecule has 1 fully saturated rings. The molecule has 1 N–H and O–H groups in total. The average molecular weight is 400 g/mol. The smallest absolute Gasteiger partial charge is 0.182 e. The van der Waals surface area contributed by atoms with Crippen LogP contribution in [0.5, 0.6) is 5.75 Å². The molecule has 8 heteroatoms. The summed E-state index contributed by atoms with van der Waals surface area (Å²) < 4.78 is 20.8. The van der Waals surface area contributed by atoms with Gasteiger partial charge in [-0.15, -0.1) is 0 Å². The second-order valence-corrected chi connectivity index (χ2v) is 9.02. The van der Waals surface area contributed by atoms with E-state index in [0.29, 0.717) is 17.9 Å². The van der Waals surface area contributed by atoms with Crippen LogP contribution in [0.15, 0.2) is 12.1 Å². The van der Waals surface area contributed by atoms with Crippen molar-refractivity contribution in [3.63, 3.8) is 0 Å². The maximum Gasteiger partial charge on any atom is 0.182 e. The number of benzene rings is 1. The fourth-order valence-electron chi connectivity index (χ4n) is 2.84. The Morgan fingerprint density at radius 1 is 1.35 bits per heavy atom. The minimum Gasteiger partial charge on any atom is -0.495 e. The number of hydrogen-bond acceptors (Lipinski definition) is 5. The Hall–Kier alpha value is -1.86. The Morgan fingerprint density at radius 3 is 2.46 bits per heavy atom.